The Balaban J connectivity index is 0.00000264. The number of rotatable bonds is 4. The van der Waals surface area contributed by atoms with E-state index in [9.17, 15) is 9.18 Å². The van der Waals surface area contributed by atoms with E-state index in [1.807, 2.05) is 11.8 Å². The van der Waals surface area contributed by atoms with E-state index in [2.05, 4.69) is 15.9 Å². The molecule has 1 aliphatic rings. The van der Waals surface area contributed by atoms with Gasteiger partial charge in [0, 0.05) is 19.1 Å². The summed E-state index contributed by atoms with van der Waals surface area (Å²) in [5.74, 6) is 0.551. The summed E-state index contributed by atoms with van der Waals surface area (Å²) < 4.78 is 19.2. The second-order valence-electron chi connectivity index (χ2n) is 5.86. The smallest absolute Gasteiger partial charge is 0.263 e. The van der Waals surface area contributed by atoms with E-state index >= 15 is 0 Å². The van der Waals surface area contributed by atoms with Gasteiger partial charge in [0.1, 0.15) is 11.6 Å². The summed E-state index contributed by atoms with van der Waals surface area (Å²) in [5.41, 5.74) is 5.92. The van der Waals surface area contributed by atoms with Crippen molar-refractivity contribution in [2.75, 3.05) is 13.1 Å². The first-order chi connectivity index (χ1) is 10.4. The number of hydrogen-bond donors (Lipinski definition) is 1. The topological polar surface area (TPSA) is 55.6 Å². The van der Waals surface area contributed by atoms with Gasteiger partial charge < -0.3 is 15.4 Å². The summed E-state index contributed by atoms with van der Waals surface area (Å²) >= 11 is 3.24. The van der Waals surface area contributed by atoms with Crippen molar-refractivity contribution >= 4 is 34.2 Å². The molecule has 23 heavy (non-hydrogen) atoms. The fraction of sp³-hybridized carbons (Fsp3) is 0.562. The molecule has 2 rings (SSSR count). The first-order valence-corrected chi connectivity index (χ1v) is 8.34. The molecule has 1 amide bonds. The van der Waals surface area contributed by atoms with Gasteiger partial charge in [0.25, 0.3) is 5.91 Å². The monoisotopic (exact) mass is 408 g/mol. The third kappa shape index (κ3) is 5.33. The number of benzene rings is 1. The van der Waals surface area contributed by atoms with Crippen LogP contribution in [0.25, 0.3) is 0 Å². The van der Waals surface area contributed by atoms with Gasteiger partial charge in [-0.25, -0.2) is 4.39 Å². The molecule has 0 bridgehead atoms. The van der Waals surface area contributed by atoms with Crippen molar-refractivity contribution < 1.29 is 13.9 Å². The van der Waals surface area contributed by atoms with E-state index in [1.54, 1.807) is 6.92 Å². The van der Waals surface area contributed by atoms with Crippen molar-refractivity contribution in [2.24, 2.45) is 11.7 Å². The lowest BCUT2D eigenvalue weighted by Crippen LogP contribution is -2.46. The highest BCUT2D eigenvalue weighted by Crippen LogP contribution is 2.27. The number of hydrogen-bond acceptors (Lipinski definition) is 3. The summed E-state index contributed by atoms with van der Waals surface area (Å²) in [4.78, 5) is 14.3. The van der Waals surface area contributed by atoms with Crippen LogP contribution in [0.4, 0.5) is 4.39 Å². The van der Waals surface area contributed by atoms with Crippen LogP contribution in [-0.4, -0.2) is 36.0 Å². The van der Waals surface area contributed by atoms with Gasteiger partial charge in [0.2, 0.25) is 0 Å². The molecule has 1 saturated heterocycles. The molecule has 1 aliphatic heterocycles. The predicted octanol–water partition coefficient (Wildman–Crippen LogP) is 3.36. The first kappa shape index (κ1) is 20.2. The van der Waals surface area contributed by atoms with Gasteiger partial charge >= 0.3 is 0 Å². The summed E-state index contributed by atoms with van der Waals surface area (Å²) in [6.07, 6.45) is 1.25. The highest BCUT2D eigenvalue weighted by atomic mass is 79.9. The van der Waals surface area contributed by atoms with Gasteiger partial charge in [-0.2, -0.15) is 0 Å². The minimum Gasteiger partial charge on any atom is -0.480 e. The Hall–Kier alpha value is -0.850. The Morgan fingerprint density at radius 2 is 2.00 bits per heavy atom. The summed E-state index contributed by atoms with van der Waals surface area (Å²) in [5, 5.41) is 0. The molecule has 1 aromatic carbocycles. The molecule has 4 nitrogen and oxygen atoms in total. The Morgan fingerprint density at radius 3 is 2.52 bits per heavy atom. The number of ether oxygens (including phenoxy) is 1. The zero-order chi connectivity index (χ0) is 16.3. The maximum Gasteiger partial charge on any atom is 0.263 e. The molecule has 1 fully saturated rings. The highest BCUT2D eigenvalue weighted by Gasteiger charge is 2.28. The molecule has 2 N–H and O–H groups in total. The van der Waals surface area contributed by atoms with Gasteiger partial charge in [0.15, 0.2) is 6.10 Å². The number of piperidine rings is 1. The lowest BCUT2D eigenvalue weighted by atomic mass is 9.91. The highest BCUT2D eigenvalue weighted by molar-refractivity contribution is 9.10. The Morgan fingerprint density at radius 1 is 1.39 bits per heavy atom. The number of halogens is 3. The first-order valence-electron chi connectivity index (χ1n) is 7.54. The number of carbonyl (C=O) groups excluding carboxylic acids is 1. The van der Waals surface area contributed by atoms with Crippen LogP contribution in [0.15, 0.2) is 22.7 Å². The van der Waals surface area contributed by atoms with Gasteiger partial charge in [-0.3, -0.25) is 4.79 Å². The molecule has 0 radical (unpaired) electrons. The number of likely N-dealkylation sites (tertiary alicyclic amines) is 1. The van der Waals surface area contributed by atoms with Crippen LogP contribution in [0.2, 0.25) is 0 Å². The quantitative estimate of drug-likeness (QED) is 0.829. The Labute approximate surface area is 151 Å². The largest absolute Gasteiger partial charge is 0.480 e. The van der Waals surface area contributed by atoms with Crippen LogP contribution in [-0.2, 0) is 4.79 Å². The van der Waals surface area contributed by atoms with Crippen LogP contribution in [0.5, 0.6) is 5.75 Å². The van der Waals surface area contributed by atoms with Gasteiger partial charge in [0.05, 0.1) is 4.47 Å². The van der Waals surface area contributed by atoms with E-state index in [4.69, 9.17) is 10.5 Å². The van der Waals surface area contributed by atoms with Crippen molar-refractivity contribution in [2.45, 2.75) is 38.8 Å². The van der Waals surface area contributed by atoms with Gasteiger partial charge in [-0.15, -0.1) is 12.4 Å². The van der Waals surface area contributed by atoms with Crippen LogP contribution >= 0.6 is 28.3 Å². The number of nitrogens with zero attached hydrogens (tertiary/aromatic N) is 1. The van der Waals surface area contributed by atoms with E-state index in [0.29, 0.717) is 29.2 Å². The molecule has 130 valence electrons. The molecule has 2 unspecified atom stereocenters. The van der Waals surface area contributed by atoms with Crippen LogP contribution < -0.4 is 10.5 Å². The van der Waals surface area contributed by atoms with E-state index in [1.165, 1.54) is 18.2 Å². The lowest BCUT2D eigenvalue weighted by Gasteiger charge is -2.35. The number of amides is 1. The van der Waals surface area contributed by atoms with Crippen LogP contribution in [0.3, 0.4) is 0 Å². The normalized spacial score (nSPS) is 18.0. The molecule has 1 heterocycles. The average Bonchev–Trinajstić information content (AvgIpc) is 2.49. The van der Waals surface area contributed by atoms with E-state index in [0.717, 1.165) is 12.8 Å². The third-order valence-electron chi connectivity index (χ3n) is 4.14. The second kappa shape index (κ2) is 8.85. The maximum absolute atomic E-state index is 13.1. The lowest BCUT2D eigenvalue weighted by molar-refractivity contribution is -0.139. The average molecular weight is 410 g/mol. The maximum atomic E-state index is 13.1. The van der Waals surface area contributed by atoms with Gasteiger partial charge in [-0.05, 0) is 66.7 Å². The number of carbonyl (C=O) groups is 1. The van der Waals surface area contributed by atoms with Crippen molar-refractivity contribution in [1.82, 2.24) is 4.90 Å². The predicted molar refractivity (Wildman–Crippen MR) is 94.4 cm³/mol. The molecule has 0 saturated carbocycles. The van der Waals surface area contributed by atoms with Crippen molar-refractivity contribution in [3.8, 4) is 5.75 Å². The summed E-state index contributed by atoms with van der Waals surface area (Å²) in [7, 11) is 0. The zero-order valence-electron chi connectivity index (χ0n) is 13.3. The molecular weight excluding hydrogens is 387 g/mol. The van der Waals surface area contributed by atoms with Crippen LogP contribution in [0.1, 0.15) is 26.7 Å². The molecule has 0 spiro atoms. The van der Waals surface area contributed by atoms with Gasteiger partial charge in [-0.1, -0.05) is 0 Å². The minimum atomic E-state index is -0.603. The molecule has 7 heteroatoms. The molecule has 1 aromatic rings. The van der Waals surface area contributed by atoms with Crippen LogP contribution in [0, 0.1) is 11.7 Å². The number of nitrogens with two attached hydrogens (primary N) is 1. The van der Waals surface area contributed by atoms with Crippen molar-refractivity contribution in [3.63, 3.8) is 0 Å². The summed E-state index contributed by atoms with van der Waals surface area (Å²) in [6, 6.07) is 4.32. The Bertz CT molecular complexity index is 537. The molecular formula is C16H23BrClFN2O2. The molecule has 0 aromatic heterocycles. The fourth-order valence-electron chi connectivity index (χ4n) is 2.71. The van der Waals surface area contributed by atoms with Crippen molar-refractivity contribution in [3.05, 3.63) is 28.5 Å². The molecule has 2 atom stereocenters. The Kier molecular flexibility index (Phi) is 7.77. The SMILES string of the molecule is CC(Oc1ccc(F)cc1Br)C(=O)N1CCC(C(C)N)CC1.Cl. The second-order valence-corrected chi connectivity index (χ2v) is 6.71. The van der Waals surface area contributed by atoms with E-state index < -0.39 is 6.10 Å². The summed E-state index contributed by atoms with van der Waals surface area (Å²) in [6.45, 7) is 5.16. The fourth-order valence-corrected chi connectivity index (χ4v) is 3.16. The minimum absolute atomic E-state index is 0. The van der Waals surface area contributed by atoms with Crippen molar-refractivity contribution in [1.29, 1.82) is 0 Å². The zero-order valence-corrected chi connectivity index (χ0v) is 15.7. The third-order valence-corrected chi connectivity index (χ3v) is 4.76. The standard InChI is InChI=1S/C16H22BrFN2O2.ClH/c1-10(19)12-5-7-20(8-6-12)16(21)11(2)22-15-4-3-13(18)9-14(15)17;/h3-4,9-12H,5-8,19H2,1-2H3;1H. The molecule has 0 aliphatic carbocycles. The van der Waals surface area contributed by atoms with E-state index in [-0.39, 0.29) is 30.2 Å².